The van der Waals surface area contributed by atoms with Crippen molar-refractivity contribution in [2.24, 2.45) is 0 Å². The molecule has 0 saturated heterocycles. The van der Waals surface area contributed by atoms with Gasteiger partial charge in [0.25, 0.3) is 0 Å². The Bertz CT molecular complexity index is 1270. The first-order valence-electron chi connectivity index (χ1n) is 20.4. The summed E-state index contributed by atoms with van der Waals surface area (Å²) in [6.07, 6.45) is 22.0. The van der Waals surface area contributed by atoms with Crippen molar-refractivity contribution >= 4 is 11.4 Å². The SMILES string of the molecule is CCCCCCC1=C(c2cc(C)c(C)c(C)c2)[N+](=[N-])C(c2cc(CCCC)c(CCCC)c(CCCC)c2)=C1CCCC.[CH2-]CC.[CH2-]CC.[Ni+2]. The summed E-state index contributed by atoms with van der Waals surface area (Å²) in [6.45, 7) is 29.1. The molecule has 0 amide bonds. The van der Waals surface area contributed by atoms with Gasteiger partial charge in [-0.05, 0) is 143 Å². The Balaban J connectivity index is 0.00000319. The molecule has 0 radical (unpaired) electrons. The maximum atomic E-state index is 12.3. The van der Waals surface area contributed by atoms with E-state index in [1.165, 1.54) is 115 Å². The monoisotopic (exact) mass is 727 g/mol. The number of hydrogen-bond donors (Lipinski definition) is 0. The predicted molar refractivity (Wildman–Crippen MR) is 220 cm³/mol. The zero-order valence-electron chi connectivity index (χ0n) is 34.4. The number of hydrogen-bond acceptors (Lipinski definition) is 0. The normalized spacial score (nSPS) is 12.4. The van der Waals surface area contributed by atoms with Crippen LogP contribution in [0, 0.1) is 34.6 Å². The first kappa shape index (κ1) is 48.0. The van der Waals surface area contributed by atoms with Crippen molar-refractivity contribution in [3.8, 4) is 0 Å². The fourth-order valence-electron chi connectivity index (χ4n) is 6.83. The molecule has 50 heavy (non-hydrogen) atoms. The van der Waals surface area contributed by atoms with E-state index in [9.17, 15) is 5.53 Å². The Morgan fingerprint density at radius 2 is 0.860 bits per heavy atom. The zero-order valence-corrected chi connectivity index (χ0v) is 35.4. The van der Waals surface area contributed by atoms with Crippen LogP contribution in [-0.4, -0.2) is 4.70 Å². The largest absolute Gasteiger partial charge is 2.00 e. The van der Waals surface area contributed by atoms with E-state index < -0.39 is 0 Å². The van der Waals surface area contributed by atoms with Crippen molar-refractivity contribution < 1.29 is 21.2 Å². The fourth-order valence-corrected chi connectivity index (χ4v) is 6.83. The minimum absolute atomic E-state index is 0. The quantitative estimate of drug-likeness (QED) is 0.0596. The number of nitrogens with zero attached hydrogens (tertiary/aromatic N) is 2. The topological polar surface area (TPSA) is 25.3 Å². The molecule has 3 heteroatoms. The number of allylic oxidation sites excluding steroid dienone is 2. The molecule has 0 saturated carbocycles. The van der Waals surface area contributed by atoms with E-state index in [4.69, 9.17) is 0 Å². The molecule has 0 fully saturated rings. The van der Waals surface area contributed by atoms with Crippen LogP contribution < -0.4 is 0 Å². The van der Waals surface area contributed by atoms with Gasteiger partial charge in [0.05, 0.1) is 0 Å². The number of unbranched alkanes of at least 4 members (excludes halogenated alkanes) is 7. The predicted octanol–water partition coefficient (Wildman–Crippen LogP) is 15.4. The van der Waals surface area contributed by atoms with Gasteiger partial charge in [0.2, 0.25) is 11.4 Å². The smallest absolute Gasteiger partial charge is 0.493 e. The third-order valence-electron chi connectivity index (χ3n) is 9.71. The van der Waals surface area contributed by atoms with Gasteiger partial charge in [-0.25, -0.2) is 4.70 Å². The molecule has 0 atom stereocenters. The second kappa shape index (κ2) is 27.6. The second-order valence-electron chi connectivity index (χ2n) is 14.2. The first-order chi connectivity index (χ1) is 23.6. The summed E-state index contributed by atoms with van der Waals surface area (Å²) in [7, 11) is 0. The van der Waals surface area contributed by atoms with Gasteiger partial charge >= 0.3 is 16.5 Å². The Hall–Kier alpha value is -1.99. The third kappa shape index (κ3) is 14.6. The average molecular weight is 728 g/mol. The van der Waals surface area contributed by atoms with Crippen LogP contribution in [0.15, 0.2) is 35.4 Å². The Morgan fingerprint density at radius 1 is 0.500 bits per heavy atom. The molecular formula is C47H76N2Ni. The molecule has 0 unspecified atom stereocenters. The van der Waals surface area contributed by atoms with Gasteiger partial charge in [0, 0.05) is 22.3 Å². The summed E-state index contributed by atoms with van der Waals surface area (Å²) in [5, 5.41) is 0. The second-order valence-corrected chi connectivity index (χ2v) is 14.2. The van der Waals surface area contributed by atoms with Crippen molar-refractivity contribution in [2.75, 3.05) is 0 Å². The van der Waals surface area contributed by atoms with E-state index in [1.807, 2.05) is 13.8 Å². The van der Waals surface area contributed by atoms with Crippen LogP contribution >= 0.6 is 0 Å². The Morgan fingerprint density at radius 3 is 1.28 bits per heavy atom. The molecule has 2 aromatic rings. The van der Waals surface area contributed by atoms with Crippen LogP contribution in [0.5, 0.6) is 0 Å². The molecule has 284 valence electrons. The molecule has 0 aliphatic carbocycles. The molecule has 0 aromatic heterocycles. The molecular weight excluding hydrogens is 651 g/mol. The van der Waals surface area contributed by atoms with Gasteiger partial charge in [0.15, 0.2) is 0 Å². The van der Waals surface area contributed by atoms with E-state index in [2.05, 4.69) is 93.5 Å². The van der Waals surface area contributed by atoms with Crippen molar-refractivity contribution in [3.05, 3.63) is 99.3 Å². The van der Waals surface area contributed by atoms with E-state index >= 15 is 0 Å². The number of rotatable bonds is 19. The molecule has 2 aromatic carbocycles. The van der Waals surface area contributed by atoms with E-state index in [0.717, 1.165) is 68.3 Å². The third-order valence-corrected chi connectivity index (χ3v) is 9.71. The van der Waals surface area contributed by atoms with Crippen LogP contribution in [0.3, 0.4) is 0 Å². The Labute approximate surface area is 321 Å². The fraction of sp³-hybridized carbons (Fsp3) is 0.617. The minimum atomic E-state index is 0. The summed E-state index contributed by atoms with van der Waals surface area (Å²) in [5.41, 5.74) is 28.1. The van der Waals surface area contributed by atoms with Gasteiger partial charge in [-0.3, -0.25) is 0 Å². The molecule has 0 N–H and O–H groups in total. The standard InChI is InChI=1S/C41H62N2.2C3H7.Ni/c1-9-14-19-20-25-39-38(24-18-13-5)41(43(42)40(39)35-26-30(6)32(8)31(7)27-35)36-28-33(21-15-10-2)37(23-17-12-4)34(29-36)22-16-11-3;2*1-3-2;/h26-29H,9-25H2,1-8H3;2*1,3H2,2H3;/q;2*-1;+2. The molecule has 1 heterocycles. The van der Waals surface area contributed by atoms with E-state index in [0.29, 0.717) is 0 Å². The molecule has 1 aliphatic rings. The maximum absolute atomic E-state index is 12.3. The van der Waals surface area contributed by atoms with E-state index in [1.54, 1.807) is 10.3 Å². The van der Waals surface area contributed by atoms with Crippen molar-refractivity contribution in [1.29, 1.82) is 0 Å². The van der Waals surface area contributed by atoms with Crippen LogP contribution in [0.4, 0.5) is 0 Å². The van der Waals surface area contributed by atoms with Crippen molar-refractivity contribution in [3.63, 3.8) is 0 Å². The summed E-state index contributed by atoms with van der Waals surface area (Å²) >= 11 is 0. The Kier molecular flexibility index (Phi) is 26.5. The van der Waals surface area contributed by atoms with Gasteiger partial charge in [-0.1, -0.05) is 93.4 Å². The molecule has 3 rings (SSSR count). The summed E-state index contributed by atoms with van der Waals surface area (Å²) in [5.74, 6) is 0. The zero-order chi connectivity index (χ0) is 36.8. The minimum Gasteiger partial charge on any atom is -0.493 e. The van der Waals surface area contributed by atoms with E-state index in [-0.39, 0.29) is 16.5 Å². The van der Waals surface area contributed by atoms with Crippen molar-refractivity contribution in [1.82, 2.24) is 0 Å². The summed E-state index contributed by atoms with van der Waals surface area (Å²) in [4.78, 5) is 0. The van der Waals surface area contributed by atoms with Crippen LogP contribution in [0.1, 0.15) is 196 Å². The maximum Gasteiger partial charge on any atom is 2.00 e. The first-order valence-corrected chi connectivity index (χ1v) is 20.4. The van der Waals surface area contributed by atoms with Crippen LogP contribution in [-0.2, 0) is 35.8 Å². The number of aryl methyl sites for hydroxylation is 4. The van der Waals surface area contributed by atoms with Gasteiger partial charge in [0.1, 0.15) is 0 Å². The van der Waals surface area contributed by atoms with Crippen LogP contribution in [0.2, 0.25) is 0 Å². The summed E-state index contributed by atoms with van der Waals surface area (Å²) < 4.78 is 1.62. The molecule has 0 bridgehead atoms. The van der Waals surface area contributed by atoms with Gasteiger partial charge in [-0.2, -0.15) is 12.8 Å². The van der Waals surface area contributed by atoms with Gasteiger partial charge < -0.3 is 19.4 Å². The van der Waals surface area contributed by atoms with Crippen molar-refractivity contribution in [2.45, 2.75) is 191 Å². The summed E-state index contributed by atoms with van der Waals surface area (Å²) in [6, 6.07) is 9.56. The number of benzene rings is 2. The molecule has 2 nitrogen and oxygen atoms in total. The van der Waals surface area contributed by atoms with Crippen LogP contribution in [0.25, 0.3) is 16.9 Å². The molecule has 0 spiro atoms. The van der Waals surface area contributed by atoms with Gasteiger partial charge in [-0.15, -0.1) is 0 Å². The average Bonchev–Trinajstić information content (AvgIpc) is 3.36. The molecule has 1 aliphatic heterocycles.